The minimum atomic E-state index is -4.53. The first-order valence-electron chi connectivity index (χ1n) is 7.69. The Kier molecular flexibility index (Phi) is 4.64. The van der Waals surface area contributed by atoms with Gasteiger partial charge in [-0.15, -0.1) is 0 Å². The van der Waals surface area contributed by atoms with Crippen molar-refractivity contribution in [2.24, 2.45) is 5.10 Å². The largest absolute Gasteiger partial charge is 0.478 e. The zero-order chi connectivity index (χ0) is 19.8. The number of nitrogens with zero attached hydrogens (tertiary/aromatic N) is 1. The molecule has 1 aliphatic rings. The zero-order valence-corrected chi connectivity index (χ0v) is 14.8. The normalized spacial score (nSPS) is 15.3. The van der Waals surface area contributed by atoms with Crippen molar-refractivity contribution in [2.45, 2.75) is 11.8 Å². The highest BCUT2D eigenvalue weighted by molar-refractivity contribution is 7.86. The summed E-state index contributed by atoms with van der Waals surface area (Å²) >= 11 is 0. The molecule has 0 fully saturated rings. The van der Waals surface area contributed by atoms with Crippen molar-refractivity contribution < 1.29 is 27.7 Å². The van der Waals surface area contributed by atoms with Crippen LogP contribution in [-0.4, -0.2) is 35.5 Å². The molecule has 0 saturated carbocycles. The van der Waals surface area contributed by atoms with Gasteiger partial charge in [-0.1, -0.05) is 30.3 Å². The summed E-state index contributed by atoms with van der Waals surface area (Å²) in [6.45, 7) is 1.65. The van der Waals surface area contributed by atoms with Crippen LogP contribution in [0.5, 0.6) is 0 Å². The maximum atomic E-state index is 12.5. The SMILES string of the molecule is Cc1ccc(N/N=C2\C(=O)C(C(=O)O)=Cc3ccccc32)c(S(=O)(=O)O)c1. The van der Waals surface area contributed by atoms with E-state index in [1.807, 2.05) is 0 Å². The number of fused-ring (bicyclic) bond motifs is 1. The van der Waals surface area contributed by atoms with Crippen LogP contribution in [0.15, 0.2) is 58.0 Å². The standard InChI is InChI=1S/C18H14N2O6S/c1-10-6-7-14(15(8-10)27(24,25)26)19-20-16-12-5-3-2-4-11(12)9-13(17(16)21)18(22)23/h2-9,19H,1H3,(H,22,23)(H,24,25,26)/b20-16-. The van der Waals surface area contributed by atoms with Crippen molar-refractivity contribution in [1.82, 2.24) is 0 Å². The molecular weight excluding hydrogens is 372 g/mol. The van der Waals surface area contributed by atoms with Gasteiger partial charge in [-0.25, -0.2) is 4.79 Å². The van der Waals surface area contributed by atoms with E-state index in [9.17, 15) is 27.7 Å². The number of Topliss-reactive ketones (excluding diaryl/α,β-unsaturated/α-hetero) is 1. The van der Waals surface area contributed by atoms with Crippen molar-refractivity contribution in [3.63, 3.8) is 0 Å². The number of carbonyl (C=O) groups is 2. The third-order valence-corrected chi connectivity index (χ3v) is 4.80. The van der Waals surface area contributed by atoms with Crippen molar-refractivity contribution in [1.29, 1.82) is 0 Å². The van der Waals surface area contributed by atoms with E-state index in [1.54, 1.807) is 37.3 Å². The summed E-state index contributed by atoms with van der Waals surface area (Å²) in [6.07, 6.45) is 1.26. The number of hydrazone groups is 1. The lowest BCUT2D eigenvalue weighted by molar-refractivity contribution is -0.133. The summed E-state index contributed by atoms with van der Waals surface area (Å²) in [7, 11) is -4.53. The topological polar surface area (TPSA) is 133 Å². The minimum Gasteiger partial charge on any atom is -0.478 e. The van der Waals surface area contributed by atoms with Gasteiger partial charge >= 0.3 is 5.97 Å². The Bertz CT molecular complexity index is 1130. The summed E-state index contributed by atoms with van der Waals surface area (Å²) in [4.78, 5) is 23.4. The van der Waals surface area contributed by atoms with Gasteiger partial charge in [-0.3, -0.25) is 14.8 Å². The van der Waals surface area contributed by atoms with Crippen LogP contribution in [-0.2, 0) is 19.7 Å². The number of hydrogen-bond acceptors (Lipinski definition) is 6. The number of ketones is 1. The number of carbonyl (C=O) groups excluding carboxylic acids is 1. The quantitative estimate of drug-likeness (QED) is 0.416. The number of aryl methyl sites for hydroxylation is 1. The monoisotopic (exact) mass is 386 g/mol. The molecule has 9 heteroatoms. The molecule has 0 unspecified atom stereocenters. The maximum absolute atomic E-state index is 12.5. The van der Waals surface area contributed by atoms with Gasteiger partial charge in [0.15, 0.2) is 0 Å². The zero-order valence-electron chi connectivity index (χ0n) is 14.0. The number of hydrogen-bond donors (Lipinski definition) is 3. The third-order valence-electron chi connectivity index (χ3n) is 3.91. The van der Waals surface area contributed by atoms with Gasteiger partial charge in [0.1, 0.15) is 16.2 Å². The van der Waals surface area contributed by atoms with E-state index in [0.717, 1.165) is 0 Å². The summed E-state index contributed by atoms with van der Waals surface area (Å²) in [5.74, 6) is -2.20. The van der Waals surface area contributed by atoms with Crippen LogP contribution in [0.4, 0.5) is 5.69 Å². The Balaban J connectivity index is 2.10. The fourth-order valence-corrected chi connectivity index (χ4v) is 3.36. The van der Waals surface area contributed by atoms with E-state index in [4.69, 9.17) is 0 Å². The lowest BCUT2D eigenvalue weighted by atomic mass is 9.89. The molecule has 2 aromatic carbocycles. The number of nitrogens with one attached hydrogen (secondary N) is 1. The fraction of sp³-hybridized carbons (Fsp3) is 0.0556. The van der Waals surface area contributed by atoms with Gasteiger partial charge in [0, 0.05) is 5.56 Å². The second-order valence-electron chi connectivity index (χ2n) is 5.83. The lowest BCUT2D eigenvalue weighted by Crippen LogP contribution is -2.27. The minimum absolute atomic E-state index is 0.0488. The molecule has 8 nitrogen and oxygen atoms in total. The van der Waals surface area contributed by atoms with Gasteiger partial charge in [0.2, 0.25) is 5.78 Å². The summed E-state index contributed by atoms with van der Waals surface area (Å²) in [5, 5.41) is 13.2. The molecule has 138 valence electrons. The van der Waals surface area contributed by atoms with E-state index in [-0.39, 0.29) is 11.4 Å². The van der Waals surface area contributed by atoms with Gasteiger partial charge in [-0.05, 0) is 36.3 Å². The van der Waals surface area contributed by atoms with Crippen molar-refractivity contribution in [2.75, 3.05) is 5.43 Å². The third kappa shape index (κ3) is 3.64. The predicted octanol–water partition coefficient (Wildman–Crippen LogP) is 2.11. The highest BCUT2D eigenvalue weighted by Gasteiger charge is 2.30. The summed E-state index contributed by atoms with van der Waals surface area (Å²) in [6, 6.07) is 10.8. The number of anilines is 1. The van der Waals surface area contributed by atoms with Crippen molar-refractivity contribution in [3.8, 4) is 0 Å². The van der Waals surface area contributed by atoms with Crippen LogP contribution in [0, 0.1) is 6.92 Å². The number of rotatable bonds is 4. The molecule has 2 aromatic rings. The van der Waals surface area contributed by atoms with E-state index in [1.165, 1.54) is 18.2 Å². The number of carboxylic acids is 1. The number of benzene rings is 2. The molecule has 0 heterocycles. The molecule has 0 atom stereocenters. The van der Waals surface area contributed by atoms with Crippen LogP contribution in [0.1, 0.15) is 16.7 Å². The van der Waals surface area contributed by atoms with Crippen LogP contribution in [0.3, 0.4) is 0 Å². The van der Waals surface area contributed by atoms with Crippen LogP contribution >= 0.6 is 0 Å². The second kappa shape index (κ2) is 6.78. The summed E-state index contributed by atoms with van der Waals surface area (Å²) in [5.41, 5.74) is 3.27. The Labute approximate surface area is 154 Å². The average molecular weight is 386 g/mol. The van der Waals surface area contributed by atoms with E-state index in [0.29, 0.717) is 16.7 Å². The van der Waals surface area contributed by atoms with Gasteiger partial charge in [0.25, 0.3) is 10.1 Å². The Hall–Kier alpha value is -3.30. The fourth-order valence-electron chi connectivity index (χ4n) is 2.63. The summed E-state index contributed by atoms with van der Waals surface area (Å²) < 4.78 is 32.5. The molecule has 0 spiro atoms. The molecule has 27 heavy (non-hydrogen) atoms. The molecule has 0 aromatic heterocycles. The second-order valence-corrected chi connectivity index (χ2v) is 7.22. The molecule has 0 saturated heterocycles. The first-order valence-corrected chi connectivity index (χ1v) is 9.13. The Morgan fingerprint density at radius 2 is 1.85 bits per heavy atom. The van der Waals surface area contributed by atoms with Crippen LogP contribution in [0.2, 0.25) is 0 Å². The number of aliphatic carboxylic acids is 1. The van der Waals surface area contributed by atoms with Gasteiger partial charge in [-0.2, -0.15) is 13.5 Å². The van der Waals surface area contributed by atoms with Crippen molar-refractivity contribution in [3.05, 3.63) is 64.7 Å². The van der Waals surface area contributed by atoms with E-state index in [2.05, 4.69) is 10.5 Å². The molecule has 0 amide bonds. The van der Waals surface area contributed by atoms with Crippen molar-refractivity contribution >= 4 is 39.3 Å². The van der Waals surface area contributed by atoms with Crippen LogP contribution < -0.4 is 5.43 Å². The highest BCUT2D eigenvalue weighted by atomic mass is 32.2. The predicted molar refractivity (Wildman–Crippen MR) is 98.2 cm³/mol. The maximum Gasteiger partial charge on any atom is 0.339 e. The Morgan fingerprint density at radius 1 is 1.15 bits per heavy atom. The van der Waals surface area contributed by atoms with Crippen LogP contribution in [0.25, 0.3) is 6.08 Å². The average Bonchev–Trinajstić information content (AvgIpc) is 2.60. The van der Waals surface area contributed by atoms with E-state index >= 15 is 0 Å². The van der Waals surface area contributed by atoms with Gasteiger partial charge in [0.05, 0.1) is 5.69 Å². The van der Waals surface area contributed by atoms with Gasteiger partial charge < -0.3 is 5.11 Å². The molecule has 1 aliphatic carbocycles. The molecule has 3 rings (SSSR count). The number of carboxylic acid groups (broad SMARTS) is 1. The van der Waals surface area contributed by atoms with E-state index < -0.39 is 32.3 Å². The smallest absolute Gasteiger partial charge is 0.339 e. The molecular formula is C18H14N2O6S. The molecule has 0 aliphatic heterocycles. The molecule has 0 bridgehead atoms. The first-order chi connectivity index (χ1) is 12.7. The highest BCUT2D eigenvalue weighted by Crippen LogP contribution is 2.25. The first kappa shape index (κ1) is 18.5. The Morgan fingerprint density at radius 3 is 2.52 bits per heavy atom. The molecule has 0 radical (unpaired) electrons. The lowest BCUT2D eigenvalue weighted by Gasteiger charge is -2.16. The molecule has 3 N–H and O–H groups in total.